The van der Waals surface area contributed by atoms with Crippen LogP contribution in [-0.4, -0.2) is 5.92 Å². The van der Waals surface area contributed by atoms with Crippen molar-refractivity contribution in [3.05, 3.63) is 6.92 Å². The minimum atomic E-state index is -2.71. The SMILES string of the molecule is [CH2]C(F)(F)CC. The summed E-state index contributed by atoms with van der Waals surface area (Å²) in [5.41, 5.74) is 0. The van der Waals surface area contributed by atoms with Crippen LogP contribution in [0, 0.1) is 6.92 Å². The zero-order chi connectivity index (χ0) is 5.21. The molecule has 6 heavy (non-hydrogen) atoms. The second kappa shape index (κ2) is 1.54. The highest BCUT2D eigenvalue weighted by Crippen LogP contribution is 2.13. The van der Waals surface area contributed by atoms with Gasteiger partial charge in [-0.1, -0.05) is 6.92 Å². The van der Waals surface area contributed by atoms with Crippen LogP contribution in [0.5, 0.6) is 0 Å². The Morgan fingerprint density at radius 1 is 1.67 bits per heavy atom. The molecule has 0 saturated carbocycles. The molecule has 0 saturated heterocycles. The van der Waals surface area contributed by atoms with E-state index in [-0.39, 0.29) is 6.42 Å². The number of rotatable bonds is 1. The molecule has 0 aliphatic rings. The third-order valence-corrected chi connectivity index (χ3v) is 0.517. The predicted octanol–water partition coefficient (Wildman–Crippen LogP) is 1.87. The van der Waals surface area contributed by atoms with E-state index in [1.54, 1.807) is 0 Å². The van der Waals surface area contributed by atoms with E-state index in [9.17, 15) is 8.78 Å². The molecule has 0 unspecified atom stereocenters. The van der Waals surface area contributed by atoms with Crippen LogP contribution in [0.1, 0.15) is 13.3 Å². The van der Waals surface area contributed by atoms with Crippen molar-refractivity contribution in [2.75, 3.05) is 0 Å². The highest BCUT2D eigenvalue weighted by atomic mass is 19.3. The van der Waals surface area contributed by atoms with E-state index in [4.69, 9.17) is 0 Å². The number of hydrogen-bond acceptors (Lipinski definition) is 0. The standard InChI is InChI=1S/C4H7F2/c1-3-4(2,5)6/h2-3H2,1H3. The second-order valence-electron chi connectivity index (χ2n) is 1.21. The van der Waals surface area contributed by atoms with Gasteiger partial charge in [0.25, 0.3) is 0 Å². The molecule has 0 bridgehead atoms. The Balaban J connectivity index is 3.17. The molecule has 1 radical (unpaired) electrons. The van der Waals surface area contributed by atoms with Crippen molar-refractivity contribution in [2.24, 2.45) is 0 Å². The van der Waals surface area contributed by atoms with Crippen LogP contribution in [0.25, 0.3) is 0 Å². The summed E-state index contributed by atoms with van der Waals surface area (Å²) in [6.45, 7) is 3.95. The van der Waals surface area contributed by atoms with Gasteiger partial charge in [-0.25, -0.2) is 8.78 Å². The van der Waals surface area contributed by atoms with Gasteiger partial charge in [-0.05, 0) is 0 Å². The molecule has 0 nitrogen and oxygen atoms in total. The van der Waals surface area contributed by atoms with Crippen molar-refractivity contribution in [1.82, 2.24) is 0 Å². The monoisotopic (exact) mass is 93.1 g/mol. The lowest BCUT2D eigenvalue weighted by atomic mass is 10.3. The summed E-state index contributed by atoms with van der Waals surface area (Å²) in [6, 6.07) is 0. The first kappa shape index (κ1) is 5.86. The largest absolute Gasteiger partial charge is 0.248 e. The molecule has 0 aromatic heterocycles. The first-order valence-corrected chi connectivity index (χ1v) is 1.79. The van der Waals surface area contributed by atoms with Gasteiger partial charge in [0, 0.05) is 13.3 Å². The second-order valence-corrected chi connectivity index (χ2v) is 1.21. The Kier molecular flexibility index (Phi) is 1.50. The molecule has 0 aliphatic heterocycles. The zero-order valence-corrected chi connectivity index (χ0v) is 3.67. The van der Waals surface area contributed by atoms with Gasteiger partial charge < -0.3 is 0 Å². The first-order valence-electron chi connectivity index (χ1n) is 1.79. The smallest absolute Gasteiger partial charge is 0.207 e. The van der Waals surface area contributed by atoms with Gasteiger partial charge in [-0.3, -0.25) is 0 Å². The maximum absolute atomic E-state index is 11.3. The first-order chi connectivity index (χ1) is 2.56. The summed E-state index contributed by atoms with van der Waals surface area (Å²) in [6.07, 6.45) is -0.174. The summed E-state index contributed by atoms with van der Waals surface area (Å²) < 4.78 is 22.7. The average Bonchev–Trinajstić information content (AvgIpc) is 1.35. The quantitative estimate of drug-likeness (QED) is 0.464. The van der Waals surface area contributed by atoms with Crippen molar-refractivity contribution >= 4 is 0 Å². The minimum Gasteiger partial charge on any atom is -0.207 e. The lowest BCUT2D eigenvalue weighted by Gasteiger charge is -2.01. The lowest BCUT2D eigenvalue weighted by Crippen LogP contribution is -2.05. The highest BCUT2D eigenvalue weighted by molar-refractivity contribution is 4.63. The van der Waals surface area contributed by atoms with Crippen LogP contribution in [-0.2, 0) is 0 Å². The van der Waals surface area contributed by atoms with E-state index < -0.39 is 5.92 Å². The fourth-order valence-corrected chi connectivity index (χ4v) is 0. The van der Waals surface area contributed by atoms with Crippen LogP contribution in [0.15, 0.2) is 0 Å². The molecule has 0 spiro atoms. The summed E-state index contributed by atoms with van der Waals surface area (Å²) in [4.78, 5) is 0. The molecule has 0 rings (SSSR count). The molecular formula is C4H7F2. The Hall–Kier alpha value is -0.140. The summed E-state index contributed by atoms with van der Waals surface area (Å²) in [7, 11) is 0. The molecule has 2 heteroatoms. The van der Waals surface area contributed by atoms with E-state index in [0.717, 1.165) is 0 Å². The fourth-order valence-electron chi connectivity index (χ4n) is 0. The maximum Gasteiger partial charge on any atom is 0.248 e. The van der Waals surface area contributed by atoms with Crippen molar-refractivity contribution in [3.8, 4) is 0 Å². The van der Waals surface area contributed by atoms with Crippen molar-refractivity contribution in [1.29, 1.82) is 0 Å². The van der Waals surface area contributed by atoms with Gasteiger partial charge in [0.05, 0.1) is 0 Å². The number of alkyl halides is 2. The Labute approximate surface area is 36.2 Å². The van der Waals surface area contributed by atoms with Crippen LogP contribution < -0.4 is 0 Å². The van der Waals surface area contributed by atoms with Crippen LogP contribution in [0.2, 0.25) is 0 Å². The topological polar surface area (TPSA) is 0 Å². The van der Waals surface area contributed by atoms with E-state index in [1.165, 1.54) is 6.92 Å². The van der Waals surface area contributed by atoms with Gasteiger partial charge in [0.2, 0.25) is 5.92 Å². The average molecular weight is 93.1 g/mol. The number of hydrogen-bond donors (Lipinski definition) is 0. The molecule has 37 valence electrons. The molecule has 0 aromatic rings. The normalized spacial score (nSPS) is 12.0. The van der Waals surface area contributed by atoms with Crippen LogP contribution in [0.3, 0.4) is 0 Å². The number of halogens is 2. The van der Waals surface area contributed by atoms with Gasteiger partial charge >= 0.3 is 0 Å². The van der Waals surface area contributed by atoms with Crippen molar-refractivity contribution in [2.45, 2.75) is 19.3 Å². The Bertz CT molecular complexity index is 35.3. The predicted molar refractivity (Wildman–Crippen MR) is 20.6 cm³/mol. The fraction of sp³-hybridized carbons (Fsp3) is 0.750. The van der Waals surface area contributed by atoms with Gasteiger partial charge in [-0.2, -0.15) is 0 Å². The summed E-state index contributed by atoms with van der Waals surface area (Å²) in [5, 5.41) is 0. The Morgan fingerprint density at radius 3 is 1.83 bits per heavy atom. The minimum absolute atomic E-state index is 0.174. The highest BCUT2D eigenvalue weighted by Gasteiger charge is 2.16. The van der Waals surface area contributed by atoms with Gasteiger partial charge in [-0.15, -0.1) is 0 Å². The Morgan fingerprint density at radius 2 is 1.83 bits per heavy atom. The van der Waals surface area contributed by atoms with Crippen LogP contribution >= 0.6 is 0 Å². The summed E-state index contributed by atoms with van der Waals surface area (Å²) in [5.74, 6) is -2.71. The molecule has 0 atom stereocenters. The van der Waals surface area contributed by atoms with E-state index >= 15 is 0 Å². The lowest BCUT2D eigenvalue weighted by molar-refractivity contribution is 0.0478. The van der Waals surface area contributed by atoms with E-state index in [0.29, 0.717) is 0 Å². The third kappa shape index (κ3) is 3.86. The molecule has 0 fully saturated rings. The molecule has 0 amide bonds. The third-order valence-electron chi connectivity index (χ3n) is 0.517. The molecule has 0 N–H and O–H groups in total. The zero-order valence-electron chi connectivity index (χ0n) is 3.67. The van der Waals surface area contributed by atoms with Crippen molar-refractivity contribution in [3.63, 3.8) is 0 Å². The molecule has 0 aromatic carbocycles. The maximum atomic E-state index is 11.3. The van der Waals surface area contributed by atoms with Gasteiger partial charge in [0.1, 0.15) is 0 Å². The summed E-state index contributed by atoms with van der Waals surface area (Å²) >= 11 is 0. The molecular weight excluding hydrogens is 86.0 g/mol. The van der Waals surface area contributed by atoms with Crippen molar-refractivity contribution < 1.29 is 8.78 Å². The molecule has 0 aliphatic carbocycles. The van der Waals surface area contributed by atoms with Crippen LogP contribution in [0.4, 0.5) is 8.78 Å². The molecule has 0 heterocycles. The van der Waals surface area contributed by atoms with Gasteiger partial charge in [0.15, 0.2) is 0 Å². The van der Waals surface area contributed by atoms with E-state index in [1.807, 2.05) is 0 Å². The van der Waals surface area contributed by atoms with E-state index in [2.05, 4.69) is 6.92 Å².